The van der Waals surface area contributed by atoms with Crippen LogP contribution in [0.15, 0.2) is 18.2 Å². The Kier molecular flexibility index (Phi) is 5.34. The van der Waals surface area contributed by atoms with Gasteiger partial charge in [-0.3, -0.25) is 4.79 Å². The summed E-state index contributed by atoms with van der Waals surface area (Å²) in [5, 5.41) is 5.95. The lowest BCUT2D eigenvalue weighted by Gasteiger charge is -2.19. The molecule has 1 aromatic rings. The van der Waals surface area contributed by atoms with E-state index in [2.05, 4.69) is 10.6 Å². The highest BCUT2D eigenvalue weighted by molar-refractivity contribution is 6.33. The van der Waals surface area contributed by atoms with Gasteiger partial charge in [-0.25, -0.2) is 4.39 Å². The molecule has 0 bridgehead atoms. The van der Waals surface area contributed by atoms with Gasteiger partial charge in [0.1, 0.15) is 5.82 Å². The minimum Gasteiger partial charge on any atom is -0.377 e. The summed E-state index contributed by atoms with van der Waals surface area (Å²) in [4.78, 5) is 11.8. The van der Waals surface area contributed by atoms with Gasteiger partial charge in [0.25, 0.3) is 0 Å². The minimum atomic E-state index is -0.432. The zero-order chi connectivity index (χ0) is 14.5. The first-order valence-electron chi connectivity index (χ1n) is 6.66. The molecule has 1 amide bonds. The predicted octanol–water partition coefficient (Wildman–Crippen LogP) is 2.57. The summed E-state index contributed by atoms with van der Waals surface area (Å²) < 4.78 is 18.4. The van der Waals surface area contributed by atoms with E-state index in [9.17, 15) is 9.18 Å². The van der Waals surface area contributed by atoms with Crippen LogP contribution >= 0.6 is 11.6 Å². The van der Waals surface area contributed by atoms with Gasteiger partial charge in [-0.2, -0.15) is 0 Å². The van der Waals surface area contributed by atoms with Crippen molar-refractivity contribution in [3.8, 4) is 0 Å². The van der Waals surface area contributed by atoms with Crippen molar-refractivity contribution in [2.24, 2.45) is 0 Å². The smallest absolute Gasteiger partial charge is 0.238 e. The van der Waals surface area contributed by atoms with Gasteiger partial charge in [0.05, 0.1) is 23.4 Å². The molecule has 0 aliphatic carbocycles. The number of hydrogen-bond donors (Lipinski definition) is 2. The van der Waals surface area contributed by atoms with E-state index in [1.165, 1.54) is 18.2 Å². The summed E-state index contributed by atoms with van der Waals surface area (Å²) in [5.41, 5.74) is 0.407. The minimum absolute atomic E-state index is 0.118. The van der Waals surface area contributed by atoms with Gasteiger partial charge in [0.15, 0.2) is 0 Å². The Balaban J connectivity index is 1.80. The van der Waals surface area contributed by atoms with Gasteiger partial charge in [0, 0.05) is 12.6 Å². The fourth-order valence-corrected chi connectivity index (χ4v) is 2.38. The van der Waals surface area contributed by atoms with Gasteiger partial charge in [-0.1, -0.05) is 11.6 Å². The lowest BCUT2D eigenvalue weighted by molar-refractivity contribution is -0.115. The van der Waals surface area contributed by atoms with Crippen LogP contribution in [0.1, 0.15) is 19.8 Å². The first-order chi connectivity index (χ1) is 9.56. The molecule has 1 heterocycles. The van der Waals surface area contributed by atoms with Crippen LogP contribution in [-0.4, -0.2) is 31.2 Å². The number of carbonyl (C=O) groups excluding carboxylic acids is 1. The van der Waals surface area contributed by atoms with Gasteiger partial charge < -0.3 is 15.4 Å². The molecule has 1 saturated heterocycles. The maximum absolute atomic E-state index is 12.9. The molecule has 1 aromatic carbocycles. The number of rotatable bonds is 5. The SMILES string of the molecule is CC(NCC(=O)Nc1ccc(F)cc1Cl)C1CCCO1. The Hall–Kier alpha value is -1.17. The number of benzene rings is 1. The topological polar surface area (TPSA) is 50.4 Å². The molecule has 20 heavy (non-hydrogen) atoms. The average molecular weight is 301 g/mol. The lowest BCUT2D eigenvalue weighted by Crippen LogP contribution is -2.41. The zero-order valence-electron chi connectivity index (χ0n) is 11.3. The molecule has 1 aliphatic rings. The van der Waals surface area contributed by atoms with E-state index in [4.69, 9.17) is 16.3 Å². The Morgan fingerprint density at radius 3 is 3.05 bits per heavy atom. The molecule has 110 valence electrons. The van der Waals surface area contributed by atoms with Crippen LogP contribution < -0.4 is 10.6 Å². The van der Waals surface area contributed by atoms with Crippen LogP contribution in [0.2, 0.25) is 5.02 Å². The maximum atomic E-state index is 12.9. The second-order valence-electron chi connectivity index (χ2n) is 4.89. The van der Waals surface area contributed by atoms with Crippen molar-refractivity contribution in [3.05, 3.63) is 29.0 Å². The van der Waals surface area contributed by atoms with E-state index in [-0.39, 0.29) is 29.6 Å². The van der Waals surface area contributed by atoms with Crippen molar-refractivity contribution < 1.29 is 13.9 Å². The maximum Gasteiger partial charge on any atom is 0.238 e. The van der Waals surface area contributed by atoms with Gasteiger partial charge >= 0.3 is 0 Å². The molecule has 2 rings (SSSR count). The highest BCUT2D eigenvalue weighted by Crippen LogP contribution is 2.22. The number of ether oxygens (including phenoxy) is 1. The summed E-state index contributed by atoms with van der Waals surface area (Å²) in [6.45, 7) is 2.94. The summed E-state index contributed by atoms with van der Waals surface area (Å²) in [6.07, 6.45) is 2.24. The second-order valence-corrected chi connectivity index (χ2v) is 5.30. The molecular weight excluding hydrogens is 283 g/mol. The third kappa shape index (κ3) is 4.16. The van der Waals surface area contributed by atoms with E-state index in [0.717, 1.165) is 19.4 Å². The largest absolute Gasteiger partial charge is 0.377 e. The standard InChI is InChI=1S/C14H18ClFN2O2/c1-9(13-3-2-6-20-13)17-8-14(19)18-12-5-4-10(16)7-11(12)15/h4-5,7,9,13,17H,2-3,6,8H2,1H3,(H,18,19). The van der Waals surface area contributed by atoms with Crippen molar-refractivity contribution in [2.75, 3.05) is 18.5 Å². The van der Waals surface area contributed by atoms with Crippen molar-refractivity contribution in [2.45, 2.75) is 31.9 Å². The summed E-state index contributed by atoms with van der Waals surface area (Å²) in [7, 11) is 0. The van der Waals surface area contributed by atoms with E-state index in [1.807, 2.05) is 6.92 Å². The lowest BCUT2D eigenvalue weighted by atomic mass is 10.1. The highest BCUT2D eigenvalue weighted by Gasteiger charge is 2.22. The molecule has 4 nitrogen and oxygen atoms in total. The van der Waals surface area contributed by atoms with Crippen LogP contribution in [0.4, 0.5) is 10.1 Å². The fourth-order valence-electron chi connectivity index (χ4n) is 2.17. The average Bonchev–Trinajstić information content (AvgIpc) is 2.93. The molecule has 2 N–H and O–H groups in total. The number of anilines is 1. The van der Waals surface area contributed by atoms with Gasteiger partial charge in [-0.15, -0.1) is 0 Å². The number of hydrogen-bond acceptors (Lipinski definition) is 3. The van der Waals surface area contributed by atoms with Crippen LogP contribution in [0.25, 0.3) is 0 Å². The van der Waals surface area contributed by atoms with Crippen molar-refractivity contribution in [3.63, 3.8) is 0 Å². The Bertz CT molecular complexity index is 478. The molecule has 1 fully saturated rings. The second kappa shape index (κ2) is 7.02. The van der Waals surface area contributed by atoms with Crippen molar-refractivity contribution in [1.82, 2.24) is 5.32 Å². The molecule has 2 atom stereocenters. The van der Waals surface area contributed by atoms with E-state index in [1.54, 1.807) is 0 Å². The molecule has 6 heteroatoms. The quantitative estimate of drug-likeness (QED) is 0.879. The van der Waals surface area contributed by atoms with Gasteiger partial charge in [0.2, 0.25) is 5.91 Å². The molecule has 0 spiro atoms. The van der Waals surface area contributed by atoms with Crippen LogP contribution in [-0.2, 0) is 9.53 Å². The van der Waals surface area contributed by atoms with E-state index in [0.29, 0.717) is 5.69 Å². The zero-order valence-corrected chi connectivity index (χ0v) is 12.0. The third-order valence-electron chi connectivity index (χ3n) is 3.31. The number of halogens is 2. The summed E-state index contributed by atoms with van der Waals surface area (Å²) in [6, 6.07) is 3.98. The highest BCUT2D eigenvalue weighted by atomic mass is 35.5. The van der Waals surface area contributed by atoms with Crippen molar-refractivity contribution in [1.29, 1.82) is 0 Å². The van der Waals surface area contributed by atoms with Crippen LogP contribution in [0, 0.1) is 5.82 Å². The Morgan fingerprint density at radius 1 is 1.60 bits per heavy atom. The molecular formula is C14H18ClFN2O2. The normalized spacial score (nSPS) is 19.9. The number of amides is 1. The molecule has 0 radical (unpaired) electrons. The Morgan fingerprint density at radius 2 is 2.40 bits per heavy atom. The number of carbonyl (C=O) groups is 1. The third-order valence-corrected chi connectivity index (χ3v) is 3.63. The van der Waals surface area contributed by atoms with Crippen LogP contribution in [0.5, 0.6) is 0 Å². The molecule has 0 saturated carbocycles. The van der Waals surface area contributed by atoms with E-state index < -0.39 is 5.82 Å². The molecule has 0 aromatic heterocycles. The Labute approximate surface area is 122 Å². The fraction of sp³-hybridized carbons (Fsp3) is 0.500. The van der Waals surface area contributed by atoms with Gasteiger partial charge in [-0.05, 0) is 38.0 Å². The summed E-state index contributed by atoms with van der Waals surface area (Å²) in [5.74, 6) is -0.651. The van der Waals surface area contributed by atoms with Crippen molar-refractivity contribution >= 4 is 23.2 Å². The monoisotopic (exact) mass is 300 g/mol. The molecule has 1 aliphatic heterocycles. The van der Waals surface area contributed by atoms with Crippen LogP contribution in [0.3, 0.4) is 0 Å². The molecule has 2 unspecified atom stereocenters. The van der Waals surface area contributed by atoms with E-state index >= 15 is 0 Å². The summed E-state index contributed by atoms with van der Waals surface area (Å²) >= 11 is 5.84. The first kappa shape index (κ1) is 15.2. The number of nitrogens with one attached hydrogen (secondary N) is 2. The predicted molar refractivity (Wildman–Crippen MR) is 76.5 cm³/mol. The first-order valence-corrected chi connectivity index (χ1v) is 7.04.